The molecule has 69 heavy (non-hydrogen) atoms. The monoisotopic (exact) mass is 977 g/mol. The van der Waals surface area contributed by atoms with Crippen LogP contribution in [0.25, 0.3) is 21.9 Å². The molecule has 3 heterocycles. The Balaban J connectivity index is 0.790. The average Bonchev–Trinajstić information content (AvgIpc) is 3.80. The van der Waals surface area contributed by atoms with Gasteiger partial charge in [-0.3, -0.25) is 9.69 Å². The predicted molar refractivity (Wildman–Crippen MR) is 270 cm³/mol. The molecule has 18 heteroatoms. The third-order valence-electron chi connectivity index (χ3n) is 11.4. The molecule has 1 aromatic carbocycles. The number of nitrogens with zero attached hydrogens (tertiary/aromatic N) is 4. The Labute approximate surface area is 411 Å². The number of hydrogen-bond donors (Lipinski definition) is 3. The number of benzene rings is 1. The zero-order valence-corrected chi connectivity index (χ0v) is 42.1. The number of anilines is 2. The summed E-state index contributed by atoms with van der Waals surface area (Å²) in [5, 5.41) is 9.62. The lowest BCUT2D eigenvalue weighted by molar-refractivity contribution is -0.137. The number of hydrogen-bond acceptors (Lipinski definition) is 16. The van der Waals surface area contributed by atoms with Gasteiger partial charge in [-0.05, 0) is 88.8 Å². The zero-order valence-electron chi connectivity index (χ0n) is 42.1. The van der Waals surface area contributed by atoms with E-state index in [-0.39, 0.29) is 6.42 Å². The summed E-state index contributed by atoms with van der Waals surface area (Å²) in [5.41, 5.74) is 10.2. The molecule has 1 aliphatic rings. The smallest absolute Gasteiger partial charge is 0.303 e. The van der Waals surface area contributed by atoms with Crippen molar-refractivity contribution in [2.45, 2.75) is 96.8 Å². The van der Waals surface area contributed by atoms with Gasteiger partial charge in [0.05, 0.1) is 12.1 Å². The molecule has 0 amide bonds. The van der Waals surface area contributed by atoms with Crippen LogP contribution in [-0.4, -0.2) is 196 Å². The second-order valence-electron chi connectivity index (χ2n) is 17.3. The number of unbranched alkanes of at least 4 members (excludes halogenated alkanes) is 1. The highest BCUT2D eigenvalue weighted by Crippen LogP contribution is 2.30. The standard InChI is InChI=1S/C51H88N6O12/c1-2-3-14-47-54-49-45-17-16-44(43-46(45)53-51(52)50(49)55-47)57-20-18-56(19-21-57)22-42-69-41-13-40-68-39-12-38-67-37-11-36-66-35-10-34-65-33-9-32-64-31-8-30-63-29-7-28-62-27-6-26-61-25-5-24-60-23-4-15-48(58)59/h16-17,43H,2-15,18-42H2,1H3,(H2,52,53)(H,54,55)(H,58,59). The van der Waals surface area contributed by atoms with Crippen LogP contribution >= 0.6 is 0 Å². The van der Waals surface area contributed by atoms with Crippen LogP contribution in [0.5, 0.6) is 0 Å². The van der Waals surface area contributed by atoms with Gasteiger partial charge in [0.1, 0.15) is 22.7 Å². The Morgan fingerprint density at radius 2 is 0.971 bits per heavy atom. The van der Waals surface area contributed by atoms with Crippen molar-refractivity contribution in [1.29, 1.82) is 0 Å². The normalized spacial score (nSPS) is 13.4. The molecule has 4 N–H and O–H groups in total. The molecule has 0 unspecified atom stereocenters. The summed E-state index contributed by atoms with van der Waals surface area (Å²) in [4.78, 5) is 28.3. The number of piperazine rings is 1. The summed E-state index contributed by atoms with van der Waals surface area (Å²) in [6.45, 7) is 20.6. The van der Waals surface area contributed by atoms with E-state index in [1.807, 2.05) is 0 Å². The number of nitrogens with one attached hydrogen (secondary N) is 1. The van der Waals surface area contributed by atoms with Crippen LogP contribution in [0, 0.1) is 0 Å². The van der Waals surface area contributed by atoms with Crippen molar-refractivity contribution in [3.63, 3.8) is 0 Å². The van der Waals surface area contributed by atoms with Crippen LogP contribution in [0.1, 0.15) is 96.2 Å². The number of nitrogen functional groups attached to an aromatic ring is 1. The van der Waals surface area contributed by atoms with Crippen LogP contribution in [0.4, 0.5) is 11.5 Å². The highest BCUT2D eigenvalue weighted by atomic mass is 16.5. The highest BCUT2D eigenvalue weighted by Gasteiger charge is 2.19. The number of carboxylic acids is 1. The van der Waals surface area contributed by atoms with Gasteiger partial charge >= 0.3 is 5.97 Å². The second-order valence-corrected chi connectivity index (χ2v) is 17.3. The van der Waals surface area contributed by atoms with Crippen molar-refractivity contribution in [3.8, 4) is 0 Å². The number of aliphatic carboxylic acids is 1. The number of carbonyl (C=O) groups is 1. The molecule has 1 aliphatic heterocycles. The first-order valence-electron chi connectivity index (χ1n) is 26.1. The van der Waals surface area contributed by atoms with E-state index >= 15 is 0 Å². The number of aromatic amines is 1. The quantitative estimate of drug-likeness (QED) is 0.0504. The van der Waals surface area contributed by atoms with Gasteiger partial charge < -0.3 is 68.1 Å². The molecule has 0 radical (unpaired) electrons. The van der Waals surface area contributed by atoms with Crippen molar-refractivity contribution < 1.29 is 57.3 Å². The van der Waals surface area contributed by atoms with Crippen molar-refractivity contribution in [1.82, 2.24) is 19.9 Å². The van der Waals surface area contributed by atoms with Crippen LogP contribution in [-0.2, 0) is 58.6 Å². The van der Waals surface area contributed by atoms with Gasteiger partial charge in [0.15, 0.2) is 0 Å². The Kier molecular flexibility index (Phi) is 33.3. The predicted octanol–water partition coefficient (Wildman–Crippen LogP) is 6.70. The fraction of sp³-hybridized carbons (Fsp3) is 0.784. The fourth-order valence-electron chi connectivity index (χ4n) is 7.60. The lowest BCUT2D eigenvalue weighted by atomic mass is 10.1. The zero-order chi connectivity index (χ0) is 48.7. The van der Waals surface area contributed by atoms with E-state index < -0.39 is 5.97 Å². The average molecular weight is 977 g/mol. The van der Waals surface area contributed by atoms with Crippen LogP contribution in [0.2, 0.25) is 0 Å². The molecule has 394 valence electrons. The van der Waals surface area contributed by atoms with Gasteiger partial charge in [0.25, 0.3) is 0 Å². The summed E-state index contributed by atoms with van der Waals surface area (Å²) < 4.78 is 56.7. The molecule has 4 rings (SSSR count). The van der Waals surface area contributed by atoms with E-state index in [1.165, 1.54) is 5.69 Å². The molecule has 2 aromatic heterocycles. The fourth-order valence-corrected chi connectivity index (χ4v) is 7.60. The van der Waals surface area contributed by atoms with Crippen molar-refractivity contribution >= 4 is 39.4 Å². The Bertz CT molecular complexity index is 1710. The Hall–Kier alpha value is -3.27. The first-order valence-corrected chi connectivity index (χ1v) is 26.1. The summed E-state index contributed by atoms with van der Waals surface area (Å²) in [7, 11) is 0. The van der Waals surface area contributed by atoms with Crippen LogP contribution in [0.3, 0.4) is 0 Å². The topological polar surface area (TPSA) is 204 Å². The third-order valence-corrected chi connectivity index (χ3v) is 11.4. The summed E-state index contributed by atoms with van der Waals surface area (Å²) in [5.74, 6) is 0.703. The minimum Gasteiger partial charge on any atom is -0.481 e. The molecular weight excluding hydrogens is 889 g/mol. The number of imidazole rings is 1. The maximum absolute atomic E-state index is 10.4. The van der Waals surface area contributed by atoms with Crippen LogP contribution < -0.4 is 10.6 Å². The van der Waals surface area contributed by atoms with Crippen molar-refractivity contribution in [2.24, 2.45) is 0 Å². The number of aromatic nitrogens is 3. The minimum absolute atomic E-state index is 0.149. The molecule has 1 saturated heterocycles. The molecule has 0 aliphatic carbocycles. The number of carboxylic acid groups (broad SMARTS) is 1. The largest absolute Gasteiger partial charge is 0.481 e. The van der Waals surface area contributed by atoms with Gasteiger partial charge in [-0.1, -0.05) is 13.3 Å². The van der Waals surface area contributed by atoms with E-state index in [0.29, 0.717) is 138 Å². The maximum Gasteiger partial charge on any atom is 0.303 e. The molecule has 0 saturated carbocycles. The number of fused-ring (bicyclic) bond motifs is 3. The number of rotatable bonds is 47. The number of H-pyrrole nitrogens is 1. The molecule has 0 bridgehead atoms. The van der Waals surface area contributed by atoms with E-state index in [4.69, 9.17) is 68.2 Å². The Morgan fingerprint density at radius 1 is 0.565 bits per heavy atom. The maximum atomic E-state index is 10.4. The van der Waals surface area contributed by atoms with E-state index in [1.54, 1.807) is 0 Å². The van der Waals surface area contributed by atoms with Gasteiger partial charge in [0.2, 0.25) is 0 Å². The Morgan fingerprint density at radius 3 is 1.38 bits per heavy atom. The minimum atomic E-state index is -0.787. The summed E-state index contributed by atoms with van der Waals surface area (Å²) in [6.07, 6.45) is 11.7. The van der Waals surface area contributed by atoms with Gasteiger partial charge in [-0.15, -0.1) is 0 Å². The number of pyridine rings is 1. The SMILES string of the molecule is CCCCc1nc2c([nH]1)c(N)nc1cc(N3CCN(CCOCCCOCCCOCCCOCCCOCCCOCCCOCCCOCCCOCCCOCCCC(=O)O)CC3)ccc12. The van der Waals surface area contributed by atoms with Gasteiger partial charge in [-0.25, -0.2) is 9.97 Å². The number of aryl methyl sites for hydroxylation is 1. The lowest BCUT2D eigenvalue weighted by Gasteiger charge is -2.36. The van der Waals surface area contributed by atoms with Crippen molar-refractivity contribution in [3.05, 3.63) is 24.0 Å². The molecule has 0 atom stereocenters. The first kappa shape index (κ1) is 58.3. The number of nitrogens with two attached hydrogens (primary N) is 1. The molecule has 1 fully saturated rings. The molecule has 3 aromatic rings. The summed E-state index contributed by atoms with van der Waals surface area (Å²) >= 11 is 0. The van der Waals surface area contributed by atoms with E-state index in [9.17, 15) is 4.79 Å². The third kappa shape index (κ3) is 27.2. The van der Waals surface area contributed by atoms with Crippen LogP contribution in [0.15, 0.2) is 18.2 Å². The van der Waals surface area contributed by atoms with E-state index in [0.717, 1.165) is 144 Å². The van der Waals surface area contributed by atoms with Gasteiger partial charge in [0, 0.05) is 182 Å². The first-order chi connectivity index (χ1) is 34.0. The molecular formula is C51H88N6O12. The van der Waals surface area contributed by atoms with Gasteiger partial charge in [-0.2, -0.15) is 0 Å². The molecule has 18 nitrogen and oxygen atoms in total. The summed E-state index contributed by atoms with van der Waals surface area (Å²) in [6, 6.07) is 6.49. The molecule has 0 spiro atoms. The lowest BCUT2D eigenvalue weighted by Crippen LogP contribution is -2.47. The van der Waals surface area contributed by atoms with Crippen molar-refractivity contribution in [2.75, 3.05) is 175 Å². The highest BCUT2D eigenvalue weighted by molar-refractivity contribution is 6.06. The van der Waals surface area contributed by atoms with E-state index in [2.05, 4.69) is 39.9 Å². The second kappa shape index (κ2) is 39.4. The number of ether oxygens (including phenoxy) is 10.